The van der Waals surface area contributed by atoms with Crippen LogP contribution in [0.15, 0.2) is 84.9 Å². The first-order valence-electron chi connectivity index (χ1n) is 11.9. The van der Waals surface area contributed by atoms with Crippen LogP contribution in [0.5, 0.6) is 0 Å². The highest BCUT2D eigenvalue weighted by molar-refractivity contribution is 5.99. The molecule has 0 aliphatic heterocycles. The molecule has 1 heterocycles. The maximum atomic E-state index is 13.7. The summed E-state index contributed by atoms with van der Waals surface area (Å²) in [6.07, 6.45) is 0. The number of carbonyl (C=O) groups excluding carboxylic acids is 1. The van der Waals surface area contributed by atoms with E-state index in [1.54, 1.807) is 0 Å². The van der Waals surface area contributed by atoms with Gasteiger partial charge in [0.2, 0.25) is 0 Å². The van der Waals surface area contributed by atoms with Gasteiger partial charge in [0.25, 0.3) is 5.91 Å². The van der Waals surface area contributed by atoms with E-state index in [2.05, 4.69) is 57.3 Å². The third kappa shape index (κ3) is 4.81. The Balaban J connectivity index is 1.81. The molecule has 1 N–H and O–H groups in total. The average Bonchev–Trinajstić information content (AvgIpc) is 3.24. The molecule has 0 spiro atoms. The number of hydrogen-bond donors (Lipinski definition) is 1. The van der Waals surface area contributed by atoms with Crippen LogP contribution in [0.1, 0.15) is 62.3 Å². The number of nitrogens with one attached hydrogen (secondary N) is 1. The van der Waals surface area contributed by atoms with Crippen LogP contribution in [0.3, 0.4) is 0 Å². The fourth-order valence-electron chi connectivity index (χ4n) is 4.22. The SMILES string of the molecule is CCn1c(-c2ccccc2)nc(-c2ccc(C(C)(C)C)cc2)c1C(=O)NC(C)c1ccccc1. The normalized spacial score (nSPS) is 12.4. The summed E-state index contributed by atoms with van der Waals surface area (Å²) in [5.41, 5.74) is 5.60. The molecule has 0 bridgehead atoms. The molecule has 1 aromatic heterocycles. The van der Waals surface area contributed by atoms with Crippen molar-refractivity contribution in [2.45, 2.75) is 52.6 Å². The Morgan fingerprint density at radius 3 is 2.03 bits per heavy atom. The van der Waals surface area contributed by atoms with Crippen LogP contribution in [0.25, 0.3) is 22.6 Å². The lowest BCUT2D eigenvalue weighted by Crippen LogP contribution is -2.29. The van der Waals surface area contributed by atoms with Crippen LogP contribution in [-0.4, -0.2) is 15.5 Å². The van der Waals surface area contributed by atoms with E-state index >= 15 is 0 Å². The van der Waals surface area contributed by atoms with Gasteiger partial charge in [0.05, 0.1) is 6.04 Å². The lowest BCUT2D eigenvalue weighted by atomic mass is 9.86. The van der Waals surface area contributed by atoms with Crippen molar-refractivity contribution in [1.29, 1.82) is 0 Å². The predicted molar refractivity (Wildman–Crippen MR) is 140 cm³/mol. The molecule has 1 unspecified atom stereocenters. The molecule has 4 rings (SSSR count). The molecule has 4 heteroatoms. The van der Waals surface area contributed by atoms with Gasteiger partial charge in [-0.05, 0) is 30.4 Å². The van der Waals surface area contributed by atoms with Gasteiger partial charge in [0, 0.05) is 17.7 Å². The van der Waals surface area contributed by atoms with Crippen molar-refractivity contribution in [3.8, 4) is 22.6 Å². The minimum atomic E-state index is -0.122. The van der Waals surface area contributed by atoms with E-state index in [0.717, 1.165) is 22.5 Å². The number of carbonyl (C=O) groups is 1. The predicted octanol–water partition coefficient (Wildman–Crippen LogP) is 7.03. The lowest BCUT2D eigenvalue weighted by molar-refractivity contribution is 0.0931. The zero-order valence-electron chi connectivity index (χ0n) is 20.7. The third-order valence-corrected chi connectivity index (χ3v) is 6.20. The van der Waals surface area contributed by atoms with Crippen LogP contribution in [-0.2, 0) is 12.0 Å². The monoisotopic (exact) mass is 451 g/mol. The summed E-state index contributed by atoms with van der Waals surface area (Å²) >= 11 is 0. The van der Waals surface area contributed by atoms with Gasteiger partial charge in [-0.15, -0.1) is 0 Å². The minimum absolute atomic E-state index is 0.0574. The Kier molecular flexibility index (Phi) is 6.69. The number of amides is 1. The van der Waals surface area contributed by atoms with E-state index < -0.39 is 0 Å². The van der Waals surface area contributed by atoms with Gasteiger partial charge in [-0.3, -0.25) is 4.79 Å². The molecule has 174 valence electrons. The average molecular weight is 452 g/mol. The number of rotatable bonds is 6. The molecular formula is C30H33N3O. The van der Waals surface area contributed by atoms with Crippen LogP contribution in [0.4, 0.5) is 0 Å². The number of aromatic nitrogens is 2. The molecule has 3 aromatic carbocycles. The summed E-state index contributed by atoms with van der Waals surface area (Å²) in [6.45, 7) is 11.3. The smallest absolute Gasteiger partial charge is 0.270 e. The lowest BCUT2D eigenvalue weighted by Gasteiger charge is -2.19. The van der Waals surface area contributed by atoms with Gasteiger partial charge in [0.15, 0.2) is 0 Å². The molecule has 0 fully saturated rings. The van der Waals surface area contributed by atoms with Gasteiger partial charge in [0.1, 0.15) is 17.2 Å². The number of imidazole rings is 1. The van der Waals surface area contributed by atoms with Crippen molar-refractivity contribution in [2.24, 2.45) is 0 Å². The van der Waals surface area contributed by atoms with Gasteiger partial charge in [-0.25, -0.2) is 4.98 Å². The maximum Gasteiger partial charge on any atom is 0.270 e. The molecule has 0 saturated carbocycles. The summed E-state index contributed by atoms with van der Waals surface area (Å²) in [7, 11) is 0. The van der Waals surface area contributed by atoms with Gasteiger partial charge >= 0.3 is 0 Å². The van der Waals surface area contributed by atoms with Gasteiger partial charge in [-0.2, -0.15) is 0 Å². The van der Waals surface area contributed by atoms with Crippen molar-refractivity contribution in [2.75, 3.05) is 0 Å². The zero-order valence-corrected chi connectivity index (χ0v) is 20.7. The van der Waals surface area contributed by atoms with Crippen molar-refractivity contribution >= 4 is 5.91 Å². The molecule has 4 aromatic rings. The second-order valence-corrected chi connectivity index (χ2v) is 9.68. The molecule has 0 aliphatic rings. The quantitative estimate of drug-likeness (QED) is 0.342. The summed E-state index contributed by atoms with van der Waals surface area (Å²) in [5, 5.41) is 3.20. The number of hydrogen-bond acceptors (Lipinski definition) is 2. The fourth-order valence-corrected chi connectivity index (χ4v) is 4.22. The highest BCUT2D eigenvalue weighted by Gasteiger charge is 2.26. The first-order valence-corrected chi connectivity index (χ1v) is 11.9. The first kappa shape index (κ1) is 23.5. The fraction of sp³-hybridized carbons (Fsp3) is 0.267. The Morgan fingerprint density at radius 1 is 0.882 bits per heavy atom. The minimum Gasteiger partial charge on any atom is -0.344 e. The van der Waals surface area contributed by atoms with Crippen LogP contribution in [0.2, 0.25) is 0 Å². The van der Waals surface area contributed by atoms with Crippen molar-refractivity contribution in [3.05, 3.63) is 102 Å². The molecular weight excluding hydrogens is 418 g/mol. The Bertz CT molecular complexity index is 1250. The van der Waals surface area contributed by atoms with E-state index in [4.69, 9.17) is 4.98 Å². The zero-order chi connectivity index (χ0) is 24.3. The first-order chi connectivity index (χ1) is 16.3. The van der Waals surface area contributed by atoms with Crippen molar-refractivity contribution in [3.63, 3.8) is 0 Å². The maximum absolute atomic E-state index is 13.7. The molecule has 0 radical (unpaired) electrons. The molecule has 0 saturated heterocycles. The van der Waals surface area contributed by atoms with Crippen LogP contribution in [0, 0.1) is 0 Å². The summed E-state index contributed by atoms with van der Waals surface area (Å²) in [5.74, 6) is 0.679. The summed E-state index contributed by atoms with van der Waals surface area (Å²) < 4.78 is 2.02. The van der Waals surface area contributed by atoms with E-state index in [-0.39, 0.29) is 17.4 Å². The number of nitrogens with zero attached hydrogens (tertiary/aromatic N) is 2. The topological polar surface area (TPSA) is 46.9 Å². The van der Waals surface area contributed by atoms with E-state index in [9.17, 15) is 4.79 Å². The van der Waals surface area contributed by atoms with Gasteiger partial charge in [-0.1, -0.05) is 106 Å². The molecule has 1 amide bonds. The molecule has 1 atom stereocenters. The Morgan fingerprint density at radius 2 is 1.47 bits per heavy atom. The summed E-state index contributed by atoms with van der Waals surface area (Å²) in [4.78, 5) is 18.7. The van der Waals surface area contributed by atoms with Crippen molar-refractivity contribution < 1.29 is 4.79 Å². The summed E-state index contributed by atoms with van der Waals surface area (Å²) in [6, 6.07) is 28.4. The Hall–Kier alpha value is -3.66. The molecule has 34 heavy (non-hydrogen) atoms. The third-order valence-electron chi connectivity index (χ3n) is 6.20. The highest BCUT2D eigenvalue weighted by atomic mass is 16.2. The second-order valence-electron chi connectivity index (χ2n) is 9.68. The number of benzene rings is 3. The van der Waals surface area contributed by atoms with E-state index in [0.29, 0.717) is 17.9 Å². The van der Waals surface area contributed by atoms with Gasteiger partial charge < -0.3 is 9.88 Å². The van der Waals surface area contributed by atoms with E-state index in [1.165, 1.54) is 5.56 Å². The Labute approximate surface area is 202 Å². The van der Waals surface area contributed by atoms with E-state index in [1.807, 2.05) is 72.2 Å². The molecule has 4 nitrogen and oxygen atoms in total. The standard InChI is InChI=1S/C30H33N3O/c1-6-33-27(29(34)31-21(2)22-13-9-7-10-14-22)26(32-28(33)24-15-11-8-12-16-24)23-17-19-25(20-18-23)30(3,4)5/h7-21H,6H2,1-5H3,(H,31,34). The molecule has 0 aliphatic carbocycles. The van der Waals surface area contributed by atoms with Crippen LogP contribution < -0.4 is 5.32 Å². The van der Waals surface area contributed by atoms with Crippen molar-refractivity contribution in [1.82, 2.24) is 14.9 Å². The second kappa shape index (κ2) is 9.68. The largest absolute Gasteiger partial charge is 0.344 e. The highest BCUT2D eigenvalue weighted by Crippen LogP contribution is 2.32. The van der Waals surface area contributed by atoms with Crippen LogP contribution >= 0.6 is 0 Å².